The first-order valence-electron chi connectivity index (χ1n) is 12.1. The largest absolute Gasteiger partial charge is 0.393 e. The molecule has 180 valence electrons. The highest BCUT2D eigenvalue weighted by Gasteiger charge is 2.23. The van der Waals surface area contributed by atoms with Crippen molar-refractivity contribution >= 4 is 22.6 Å². The van der Waals surface area contributed by atoms with Gasteiger partial charge in [-0.25, -0.2) is 9.67 Å². The lowest BCUT2D eigenvalue weighted by Gasteiger charge is -2.27. The third-order valence-electron chi connectivity index (χ3n) is 6.70. The van der Waals surface area contributed by atoms with Crippen molar-refractivity contribution in [1.29, 1.82) is 0 Å². The number of benzene rings is 1. The van der Waals surface area contributed by atoms with E-state index in [1.165, 1.54) is 0 Å². The van der Waals surface area contributed by atoms with Crippen molar-refractivity contribution in [1.82, 2.24) is 19.7 Å². The highest BCUT2D eigenvalue weighted by molar-refractivity contribution is 5.99. The number of aliphatic hydroxyl groups excluding tert-OH is 1. The van der Waals surface area contributed by atoms with E-state index in [4.69, 9.17) is 15.8 Å². The van der Waals surface area contributed by atoms with Crippen LogP contribution in [-0.4, -0.2) is 42.9 Å². The zero-order chi connectivity index (χ0) is 24.5. The molecule has 1 aliphatic rings. The summed E-state index contributed by atoms with van der Waals surface area (Å²) in [5.74, 6) is -0.305. The monoisotopic (exact) mass is 470 g/mol. The second-order valence-electron chi connectivity index (χ2n) is 9.49. The highest BCUT2D eigenvalue weighted by Crippen LogP contribution is 2.35. The molecule has 0 bridgehead atoms. The van der Waals surface area contributed by atoms with Crippen molar-refractivity contribution in [2.75, 3.05) is 5.32 Å². The van der Waals surface area contributed by atoms with E-state index in [1.54, 1.807) is 24.7 Å². The molecule has 3 heterocycles. The van der Waals surface area contributed by atoms with Crippen molar-refractivity contribution in [2.45, 2.75) is 57.6 Å². The van der Waals surface area contributed by atoms with Crippen LogP contribution in [0, 0.1) is 0 Å². The Labute approximate surface area is 204 Å². The van der Waals surface area contributed by atoms with E-state index in [0.717, 1.165) is 59.2 Å². The normalized spacial score (nSPS) is 18.2. The second kappa shape index (κ2) is 9.46. The average Bonchev–Trinajstić information content (AvgIpc) is 3.26. The number of hydrogen-bond donors (Lipinski definition) is 3. The van der Waals surface area contributed by atoms with Gasteiger partial charge in [-0.05, 0) is 79.1 Å². The van der Waals surface area contributed by atoms with Gasteiger partial charge in [0, 0.05) is 30.3 Å². The predicted molar refractivity (Wildman–Crippen MR) is 137 cm³/mol. The molecule has 8 nitrogen and oxygen atoms in total. The van der Waals surface area contributed by atoms with Gasteiger partial charge >= 0.3 is 0 Å². The molecule has 1 amide bonds. The molecule has 1 fully saturated rings. The molecular formula is C27H30N6O2. The second-order valence-corrected chi connectivity index (χ2v) is 9.49. The minimum Gasteiger partial charge on any atom is -0.393 e. The summed E-state index contributed by atoms with van der Waals surface area (Å²) in [4.78, 5) is 21.0. The van der Waals surface area contributed by atoms with Gasteiger partial charge in [0.2, 0.25) is 0 Å². The topological polar surface area (TPSA) is 119 Å². The predicted octanol–water partition coefficient (Wildman–Crippen LogP) is 4.42. The number of carbonyl (C=O) groups is 1. The standard InChI is InChI=1S/C27H30N6O2/c1-16(2)25-24-21(17-9-12-29-13-10-17)11-14-30-27(24)33(32-25)19-5-8-22(26(28)35)23(15-19)31-18-3-6-20(34)7-4-18/h5,8-16,18,20,31,34H,3-4,6-7H2,1-2H3,(H2,28,35). The van der Waals surface area contributed by atoms with Crippen LogP contribution in [0.1, 0.15) is 61.5 Å². The molecule has 1 aliphatic carbocycles. The van der Waals surface area contributed by atoms with Crippen molar-refractivity contribution in [3.63, 3.8) is 0 Å². The zero-order valence-electron chi connectivity index (χ0n) is 20.0. The van der Waals surface area contributed by atoms with Gasteiger partial charge < -0.3 is 16.2 Å². The van der Waals surface area contributed by atoms with Crippen LogP contribution in [-0.2, 0) is 0 Å². The number of pyridine rings is 2. The van der Waals surface area contributed by atoms with Gasteiger partial charge in [0.1, 0.15) is 0 Å². The fraction of sp³-hybridized carbons (Fsp3) is 0.333. The first-order valence-corrected chi connectivity index (χ1v) is 12.1. The lowest BCUT2D eigenvalue weighted by atomic mass is 9.92. The van der Waals surface area contributed by atoms with Crippen LogP contribution in [0.3, 0.4) is 0 Å². The lowest BCUT2D eigenvalue weighted by molar-refractivity contribution is 0.100. The molecule has 3 aromatic heterocycles. The molecule has 5 rings (SSSR count). The molecule has 4 N–H and O–H groups in total. The smallest absolute Gasteiger partial charge is 0.250 e. The summed E-state index contributed by atoms with van der Waals surface area (Å²) in [6, 6.07) is 11.7. The Morgan fingerprint density at radius 3 is 2.51 bits per heavy atom. The van der Waals surface area contributed by atoms with Gasteiger partial charge in [-0.15, -0.1) is 0 Å². The molecule has 0 aliphatic heterocycles. The number of anilines is 1. The molecule has 0 saturated heterocycles. The van der Waals surface area contributed by atoms with Crippen molar-refractivity contribution in [2.24, 2.45) is 5.73 Å². The summed E-state index contributed by atoms with van der Waals surface area (Å²) in [6.45, 7) is 4.24. The number of primary amides is 1. The Kier molecular flexibility index (Phi) is 6.21. The number of carbonyl (C=O) groups excluding carboxylic acids is 1. The number of hydrogen-bond acceptors (Lipinski definition) is 6. The molecule has 1 aromatic carbocycles. The fourth-order valence-electron chi connectivity index (χ4n) is 4.86. The van der Waals surface area contributed by atoms with Crippen LogP contribution in [0.15, 0.2) is 55.0 Å². The van der Waals surface area contributed by atoms with Crippen molar-refractivity contribution < 1.29 is 9.90 Å². The van der Waals surface area contributed by atoms with Crippen molar-refractivity contribution in [3.05, 3.63) is 66.2 Å². The SMILES string of the molecule is CC(C)c1nn(-c2ccc(C(N)=O)c(NC3CCC(O)CC3)c2)c2nccc(-c3ccncc3)c12. The van der Waals surface area contributed by atoms with Crippen LogP contribution in [0.5, 0.6) is 0 Å². The molecule has 0 radical (unpaired) electrons. The Morgan fingerprint density at radius 2 is 1.83 bits per heavy atom. The van der Waals surface area contributed by atoms with E-state index in [9.17, 15) is 9.90 Å². The number of nitrogens with one attached hydrogen (secondary N) is 1. The quantitative estimate of drug-likeness (QED) is 0.384. The van der Waals surface area contributed by atoms with Crippen LogP contribution in [0.2, 0.25) is 0 Å². The number of nitrogens with zero attached hydrogens (tertiary/aromatic N) is 4. The molecule has 0 spiro atoms. The Hall–Kier alpha value is -3.78. The number of fused-ring (bicyclic) bond motifs is 1. The fourth-order valence-corrected chi connectivity index (χ4v) is 4.86. The van der Waals surface area contributed by atoms with Crippen molar-refractivity contribution in [3.8, 4) is 16.8 Å². The van der Waals surface area contributed by atoms with E-state index >= 15 is 0 Å². The van der Waals surface area contributed by atoms with Gasteiger partial charge in [0.15, 0.2) is 5.65 Å². The number of rotatable bonds is 6. The minimum absolute atomic E-state index is 0.170. The molecular weight excluding hydrogens is 440 g/mol. The number of aromatic nitrogens is 4. The maximum absolute atomic E-state index is 12.2. The summed E-state index contributed by atoms with van der Waals surface area (Å²) in [5, 5.41) is 19.3. The van der Waals surface area contributed by atoms with E-state index in [-0.39, 0.29) is 18.1 Å². The Morgan fingerprint density at radius 1 is 1.09 bits per heavy atom. The molecule has 8 heteroatoms. The third-order valence-corrected chi connectivity index (χ3v) is 6.70. The van der Waals surface area contributed by atoms with Crippen LogP contribution < -0.4 is 11.1 Å². The summed E-state index contributed by atoms with van der Waals surface area (Å²) >= 11 is 0. The average molecular weight is 471 g/mol. The van der Waals surface area contributed by atoms with Gasteiger partial charge in [-0.1, -0.05) is 13.8 Å². The lowest BCUT2D eigenvalue weighted by Crippen LogP contribution is -2.29. The van der Waals surface area contributed by atoms with Gasteiger partial charge in [0.05, 0.1) is 28.4 Å². The van der Waals surface area contributed by atoms with Crippen LogP contribution in [0.25, 0.3) is 27.8 Å². The summed E-state index contributed by atoms with van der Waals surface area (Å²) in [5.41, 5.74) is 11.4. The van der Waals surface area contributed by atoms with E-state index < -0.39 is 5.91 Å². The first kappa shape index (κ1) is 23.0. The molecule has 0 atom stereocenters. The third kappa shape index (κ3) is 4.49. The first-order chi connectivity index (χ1) is 16.9. The minimum atomic E-state index is -0.485. The Bertz CT molecular complexity index is 1360. The van der Waals surface area contributed by atoms with E-state index in [2.05, 4.69) is 24.1 Å². The van der Waals surface area contributed by atoms with E-state index in [1.807, 2.05) is 35.0 Å². The maximum atomic E-state index is 12.2. The van der Waals surface area contributed by atoms with Gasteiger partial charge in [-0.2, -0.15) is 5.10 Å². The summed E-state index contributed by atoms with van der Waals surface area (Å²) in [7, 11) is 0. The van der Waals surface area contributed by atoms with Gasteiger partial charge in [-0.3, -0.25) is 9.78 Å². The maximum Gasteiger partial charge on any atom is 0.250 e. The number of aliphatic hydroxyl groups is 1. The molecule has 4 aromatic rings. The molecule has 1 saturated carbocycles. The van der Waals surface area contributed by atoms with Crippen LogP contribution >= 0.6 is 0 Å². The number of nitrogens with two attached hydrogens (primary N) is 1. The summed E-state index contributed by atoms with van der Waals surface area (Å²) in [6.07, 6.45) is 8.27. The zero-order valence-corrected chi connectivity index (χ0v) is 20.0. The molecule has 35 heavy (non-hydrogen) atoms. The Balaban J connectivity index is 1.63. The molecule has 0 unspecified atom stereocenters. The number of amides is 1. The van der Waals surface area contributed by atoms with Gasteiger partial charge in [0.25, 0.3) is 5.91 Å². The summed E-state index contributed by atoms with van der Waals surface area (Å²) < 4.78 is 1.84. The van der Waals surface area contributed by atoms with E-state index in [0.29, 0.717) is 11.3 Å². The highest BCUT2D eigenvalue weighted by atomic mass is 16.3. The van der Waals surface area contributed by atoms with Crippen LogP contribution in [0.4, 0.5) is 5.69 Å².